The third-order valence-corrected chi connectivity index (χ3v) is 3.98. The molecular formula is C12H4F20O2. The van der Waals surface area contributed by atoms with Crippen molar-refractivity contribution < 1.29 is 97.3 Å². The smallest absolute Gasteiger partial charge is 0.348 e. The third kappa shape index (κ3) is 4.92. The second-order valence-electron chi connectivity index (χ2n) is 6.43. The Balaban J connectivity index is 3.88. The monoisotopic (exact) mass is 560 g/mol. The molecule has 34 heavy (non-hydrogen) atoms. The second-order valence-corrected chi connectivity index (χ2v) is 6.43. The quantitative estimate of drug-likeness (QED) is 0.376. The summed E-state index contributed by atoms with van der Waals surface area (Å²) in [7, 11) is 0. The molecule has 1 fully saturated rings. The van der Waals surface area contributed by atoms with Gasteiger partial charge in [0.15, 0.2) is 12.2 Å². The fourth-order valence-corrected chi connectivity index (χ4v) is 2.44. The summed E-state index contributed by atoms with van der Waals surface area (Å²) in [5, 5.41) is 0. The van der Waals surface area contributed by atoms with Gasteiger partial charge in [0.2, 0.25) is 12.2 Å². The standard InChI is InChI=1S/C12H4F20O2/c13-5(14)1(33-3(7(17,18)19)8(20,21)22)2(6(15,16)12(31,32)11(5,29)30)34-4(9(23,24)25)10(26,27)28/h1-4H/t1-,2+. The average Bonchev–Trinajstić information content (AvgIpc) is 2.50. The van der Waals surface area contributed by atoms with Crippen molar-refractivity contribution in [2.24, 2.45) is 0 Å². The Morgan fingerprint density at radius 3 is 0.735 bits per heavy atom. The van der Waals surface area contributed by atoms with Crippen LogP contribution in [0.3, 0.4) is 0 Å². The van der Waals surface area contributed by atoms with Gasteiger partial charge in [-0.2, -0.15) is 87.8 Å². The molecular weight excluding hydrogens is 556 g/mol. The Labute approximate surface area is 171 Å². The van der Waals surface area contributed by atoms with Gasteiger partial charge in [0, 0.05) is 0 Å². The SMILES string of the molecule is FC(F)(F)C(O[C@@H]1[C@H](OC(C(F)(F)F)C(F)(F)F)C(F)(F)C(F)(F)C(F)(F)C1(F)F)C(F)(F)F. The highest BCUT2D eigenvalue weighted by atomic mass is 19.4. The minimum absolute atomic E-state index is 2.39. The molecule has 0 radical (unpaired) electrons. The van der Waals surface area contributed by atoms with Gasteiger partial charge in [-0.05, 0) is 0 Å². The maximum atomic E-state index is 13.9. The highest BCUT2D eigenvalue weighted by molar-refractivity contribution is 5.18. The van der Waals surface area contributed by atoms with Crippen LogP contribution < -0.4 is 0 Å². The molecule has 0 heterocycles. The molecule has 0 aromatic heterocycles. The summed E-state index contributed by atoms with van der Waals surface area (Å²) in [6, 6.07) is 0. The summed E-state index contributed by atoms with van der Waals surface area (Å²) in [5.74, 6) is -30.1. The molecule has 1 rings (SSSR count). The first-order valence-corrected chi connectivity index (χ1v) is 7.54. The lowest BCUT2D eigenvalue weighted by molar-refractivity contribution is -0.469. The van der Waals surface area contributed by atoms with Crippen molar-refractivity contribution in [2.75, 3.05) is 0 Å². The minimum atomic E-state index is -7.68. The van der Waals surface area contributed by atoms with Crippen molar-refractivity contribution in [3.63, 3.8) is 0 Å². The van der Waals surface area contributed by atoms with Crippen molar-refractivity contribution in [2.45, 2.75) is 72.8 Å². The molecule has 0 spiro atoms. The van der Waals surface area contributed by atoms with Crippen LogP contribution in [0.5, 0.6) is 0 Å². The van der Waals surface area contributed by atoms with Crippen molar-refractivity contribution >= 4 is 0 Å². The van der Waals surface area contributed by atoms with Crippen LogP contribution in [0.15, 0.2) is 0 Å². The zero-order valence-electron chi connectivity index (χ0n) is 14.7. The van der Waals surface area contributed by atoms with E-state index in [-0.39, 0.29) is 0 Å². The van der Waals surface area contributed by atoms with Gasteiger partial charge in [0.1, 0.15) is 0 Å². The minimum Gasteiger partial charge on any atom is -0.348 e. The lowest BCUT2D eigenvalue weighted by Crippen LogP contribution is -2.79. The fraction of sp³-hybridized carbons (Fsp3) is 1.00. The largest absolute Gasteiger partial charge is 0.423 e. The van der Waals surface area contributed by atoms with Crippen molar-refractivity contribution in [3.05, 3.63) is 0 Å². The number of hydrogen-bond acceptors (Lipinski definition) is 2. The van der Waals surface area contributed by atoms with Crippen LogP contribution in [0.2, 0.25) is 0 Å². The highest BCUT2D eigenvalue weighted by Gasteiger charge is 2.91. The maximum Gasteiger partial charge on any atom is 0.423 e. The molecule has 22 heteroatoms. The summed E-state index contributed by atoms with van der Waals surface area (Å²) in [6.45, 7) is 0. The van der Waals surface area contributed by atoms with E-state index in [0.29, 0.717) is 0 Å². The molecule has 0 aromatic rings. The normalized spacial score (nSPS) is 27.4. The van der Waals surface area contributed by atoms with Crippen LogP contribution in [0.25, 0.3) is 0 Å². The third-order valence-electron chi connectivity index (χ3n) is 3.98. The van der Waals surface area contributed by atoms with E-state index < -0.39 is 72.8 Å². The predicted molar refractivity (Wildman–Crippen MR) is 61.3 cm³/mol. The number of rotatable bonds is 4. The Morgan fingerprint density at radius 2 is 0.588 bits per heavy atom. The van der Waals surface area contributed by atoms with Crippen molar-refractivity contribution in [3.8, 4) is 0 Å². The first-order valence-electron chi connectivity index (χ1n) is 7.54. The molecule has 0 saturated heterocycles. The van der Waals surface area contributed by atoms with Crippen LogP contribution in [0.4, 0.5) is 87.8 Å². The average molecular weight is 560 g/mol. The maximum absolute atomic E-state index is 13.9. The predicted octanol–water partition coefficient (Wildman–Crippen LogP) is 6.30. The van der Waals surface area contributed by atoms with E-state index >= 15 is 0 Å². The summed E-state index contributed by atoms with van der Waals surface area (Å²) >= 11 is 0. The van der Waals surface area contributed by atoms with Crippen molar-refractivity contribution in [1.82, 2.24) is 0 Å². The Bertz CT molecular complexity index is 636. The second kappa shape index (κ2) is 8.02. The summed E-state index contributed by atoms with van der Waals surface area (Å²) in [6.07, 6.45) is -51.5. The van der Waals surface area contributed by atoms with E-state index in [9.17, 15) is 87.8 Å². The van der Waals surface area contributed by atoms with E-state index in [4.69, 9.17) is 0 Å². The number of ether oxygens (including phenoxy) is 2. The van der Waals surface area contributed by atoms with Gasteiger partial charge in [0.25, 0.3) is 0 Å². The molecule has 0 aliphatic heterocycles. The molecule has 204 valence electrons. The van der Waals surface area contributed by atoms with Gasteiger partial charge >= 0.3 is 48.4 Å². The lowest BCUT2D eigenvalue weighted by Gasteiger charge is -2.50. The zero-order chi connectivity index (χ0) is 27.7. The van der Waals surface area contributed by atoms with E-state index in [1.54, 1.807) is 0 Å². The Hall–Kier alpha value is -1.48. The molecule has 0 bridgehead atoms. The van der Waals surface area contributed by atoms with Crippen LogP contribution >= 0.6 is 0 Å². The molecule has 2 atom stereocenters. The lowest BCUT2D eigenvalue weighted by atomic mass is 9.80. The van der Waals surface area contributed by atoms with Gasteiger partial charge < -0.3 is 9.47 Å². The van der Waals surface area contributed by atoms with Crippen LogP contribution in [-0.2, 0) is 9.47 Å². The molecule has 0 N–H and O–H groups in total. The zero-order valence-corrected chi connectivity index (χ0v) is 14.7. The molecule has 1 saturated carbocycles. The number of halogens is 20. The molecule has 0 unspecified atom stereocenters. The van der Waals surface area contributed by atoms with E-state index in [0.717, 1.165) is 0 Å². The van der Waals surface area contributed by atoms with Crippen LogP contribution in [-0.4, -0.2) is 72.8 Å². The highest BCUT2D eigenvalue weighted by Crippen LogP contribution is 2.62. The van der Waals surface area contributed by atoms with Gasteiger partial charge in [-0.15, -0.1) is 0 Å². The van der Waals surface area contributed by atoms with E-state index in [2.05, 4.69) is 9.47 Å². The summed E-state index contributed by atoms with van der Waals surface area (Å²) < 4.78 is 264. The topological polar surface area (TPSA) is 18.5 Å². The molecule has 2 nitrogen and oxygen atoms in total. The molecule has 1 aliphatic rings. The van der Waals surface area contributed by atoms with E-state index in [1.165, 1.54) is 0 Å². The van der Waals surface area contributed by atoms with Gasteiger partial charge in [-0.1, -0.05) is 0 Å². The molecule has 1 aliphatic carbocycles. The Kier molecular flexibility index (Phi) is 7.20. The fourth-order valence-electron chi connectivity index (χ4n) is 2.44. The van der Waals surface area contributed by atoms with E-state index in [1.807, 2.05) is 0 Å². The number of hydrogen-bond donors (Lipinski definition) is 0. The first-order chi connectivity index (χ1) is 14.4. The van der Waals surface area contributed by atoms with Crippen LogP contribution in [0.1, 0.15) is 0 Å². The van der Waals surface area contributed by atoms with Gasteiger partial charge in [-0.25, -0.2) is 0 Å². The Morgan fingerprint density at radius 1 is 0.412 bits per heavy atom. The van der Waals surface area contributed by atoms with Crippen molar-refractivity contribution in [1.29, 1.82) is 0 Å². The molecule has 0 amide bonds. The number of alkyl halides is 20. The van der Waals surface area contributed by atoms with Gasteiger partial charge in [0.05, 0.1) is 0 Å². The summed E-state index contributed by atoms with van der Waals surface area (Å²) in [4.78, 5) is 0. The first kappa shape index (κ1) is 30.6. The van der Waals surface area contributed by atoms with Crippen LogP contribution in [0, 0.1) is 0 Å². The molecule has 0 aromatic carbocycles. The summed E-state index contributed by atoms with van der Waals surface area (Å²) in [5.41, 5.74) is 0. The van der Waals surface area contributed by atoms with Gasteiger partial charge in [-0.3, -0.25) is 0 Å².